The van der Waals surface area contributed by atoms with Crippen LogP contribution in [0.3, 0.4) is 0 Å². The molecule has 0 fully saturated rings. The Hall–Kier alpha value is -2.70. The number of carbonyl (C=O) groups is 3. The van der Waals surface area contributed by atoms with Gasteiger partial charge in [0.25, 0.3) is 0 Å². The summed E-state index contributed by atoms with van der Waals surface area (Å²) in [5, 5.41) is 14.5. The summed E-state index contributed by atoms with van der Waals surface area (Å²) < 4.78 is 12.3. The number of thiophene rings is 2. The van der Waals surface area contributed by atoms with Gasteiger partial charge in [0.05, 0.1) is 24.5 Å². The maximum absolute atomic E-state index is 12.9. The predicted octanol–water partition coefficient (Wildman–Crippen LogP) is 5.66. The van der Waals surface area contributed by atoms with Gasteiger partial charge in [0, 0.05) is 21.9 Å². The summed E-state index contributed by atoms with van der Waals surface area (Å²) in [6.45, 7) is 13.6. The normalized spacial score (nSPS) is 11.1. The minimum atomic E-state index is -0.602. The Bertz CT molecular complexity index is 1280. The van der Waals surface area contributed by atoms with Crippen molar-refractivity contribution < 1.29 is 23.9 Å². The second-order valence-electron chi connectivity index (χ2n) is 8.14. The number of rotatable bonds is 10. The van der Waals surface area contributed by atoms with Gasteiger partial charge >= 0.3 is 11.9 Å². The summed E-state index contributed by atoms with van der Waals surface area (Å²) in [5.74, 6) is -0.676. The summed E-state index contributed by atoms with van der Waals surface area (Å²) >= 11 is 3.93. The van der Waals surface area contributed by atoms with Gasteiger partial charge < -0.3 is 14.8 Å². The molecule has 1 N–H and O–H groups in total. The Balaban J connectivity index is 1.82. The molecule has 0 aliphatic heterocycles. The van der Waals surface area contributed by atoms with Gasteiger partial charge in [-0.15, -0.1) is 32.9 Å². The van der Waals surface area contributed by atoms with Crippen molar-refractivity contribution in [2.75, 3.05) is 24.3 Å². The van der Waals surface area contributed by atoms with Crippen LogP contribution in [0.15, 0.2) is 10.5 Å². The maximum Gasteiger partial charge on any atom is 0.348 e. The van der Waals surface area contributed by atoms with E-state index in [4.69, 9.17) is 9.47 Å². The highest BCUT2D eigenvalue weighted by Crippen LogP contribution is 2.36. The highest BCUT2D eigenvalue weighted by atomic mass is 32.2. The highest BCUT2D eigenvalue weighted by Gasteiger charge is 2.28. The summed E-state index contributed by atoms with van der Waals surface area (Å²) in [5.41, 5.74) is 2.79. The molecule has 0 atom stereocenters. The average Bonchev–Trinajstić information content (AvgIpc) is 3.48. The Morgan fingerprint density at radius 1 is 1.06 bits per heavy atom. The van der Waals surface area contributed by atoms with Crippen molar-refractivity contribution in [3.8, 4) is 11.4 Å². The van der Waals surface area contributed by atoms with Crippen molar-refractivity contribution in [3.63, 3.8) is 0 Å². The van der Waals surface area contributed by atoms with Gasteiger partial charge in [0.1, 0.15) is 9.88 Å². The van der Waals surface area contributed by atoms with Gasteiger partial charge in [-0.1, -0.05) is 11.8 Å². The lowest BCUT2D eigenvalue weighted by Crippen LogP contribution is -2.17. The molecule has 0 aliphatic rings. The van der Waals surface area contributed by atoms with Crippen LogP contribution >= 0.6 is 34.4 Å². The van der Waals surface area contributed by atoms with Gasteiger partial charge in [-0.05, 0) is 59.6 Å². The minimum Gasteiger partial charge on any atom is -0.462 e. The molecule has 3 aromatic rings. The van der Waals surface area contributed by atoms with Crippen LogP contribution in [0.1, 0.15) is 69.8 Å². The van der Waals surface area contributed by atoms with Gasteiger partial charge in [0.15, 0.2) is 11.0 Å². The van der Waals surface area contributed by atoms with E-state index >= 15 is 0 Å². The van der Waals surface area contributed by atoms with Gasteiger partial charge in [0.2, 0.25) is 5.91 Å². The number of anilines is 1. The van der Waals surface area contributed by atoms with Crippen molar-refractivity contribution >= 4 is 57.3 Å². The largest absolute Gasteiger partial charge is 0.462 e. The first-order valence-corrected chi connectivity index (χ1v) is 14.2. The van der Waals surface area contributed by atoms with E-state index in [1.165, 1.54) is 22.2 Å². The molecule has 3 aromatic heterocycles. The maximum atomic E-state index is 12.9. The second kappa shape index (κ2) is 12.0. The van der Waals surface area contributed by atoms with Gasteiger partial charge in [-0.3, -0.25) is 9.36 Å². The number of ether oxygens (including phenoxy) is 2. The molecule has 9 nitrogen and oxygen atoms in total. The molecule has 0 aliphatic carbocycles. The number of aromatic nitrogens is 3. The van der Waals surface area contributed by atoms with E-state index in [9.17, 15) is 14.4 Å². The quantitative estimate of drug-likeness (QED) is 0.254. The van der Waals surface area contributed by atoms with E-state index in [-0.39, 0.29) is 46.4 Å². The fraction of sp³-hybridized carbons (Fsp3) is 0.458. The van der Waals surface area contributed by atoms with Crippen LogP contribution < -0.4 is 5.32 Å². The zero-order chi connectivity index (χ0) is 26.6. The number of amides is 1. The Labute approximate surface area is 222 Å². The predicted molar refractivity (Wildman–Crippen MR) is 144 cm³/mol. The molecule has 0 saturated carbocycles. The van der Waals surface area contributed by atoms with Crippen LogP contribution in [0, 0.1) is 20.8 Å². The highest BCUT2D eigenvalue weighted by molar-refractivity contribution is 7.99. The third-order valence-electron chi connectivity index (χ3n) is 5.38. The number of aryl methyl sites for hydroxylation is 1. The van der Waals surface area contributed by atoms with E-state index < -0.39 is 11.9 Å². The smallest absolute Gasteiger partial charge is 0.348 e. The number of thioether (sulfide) groups is 1. The third kappa shape index (κ3) is 5.81. The fourth-order valence-corrected chi connectivity index (χ4v) is 6.33. The van der Waals surface area contributed by atoms with Crippen LogP contribution in [-0.4, -0.2) is 51.6 Å². The SMILES string of the molecule is CCOC(=O)c1sc(NC(=O)CSc2nnc(-c3csc(C)c3C)n2C(C)C)c(C(=O)OCC)c1C. The first-order chi connectivity index (χ1) is 17.1. The lowest BCUT2D eigenvalue weighted by atomic mass is 10.1. The molecule has 3 heterocycles. The molecule has 0 saturated heterocycles. The van der Waals surface area contributed by atoms with E-state index in [0.717, 1.165) is 22.7 Å². The molecule has 1 amide bonds. The average molecular weight is 551 g/mol. The standard InChI is InChI=1S/C24H30N4O5S3/c1-8-32-22(30)18-14(6)19(23(31)33-9-2)36-21(18)25-17(29)11-35-24-27-26-20(28(24)12(3)4)16-10-34-15(7)13(16)5/h10,12H,8-9,11H2,1-7H3,(H,25,29). The number of hydrogen-bond acceptors (Lipinski definition) is 10. The number of hydrogen-bond donors (Lipinski definition) is 1. The van der Waals surface area contributed by atoms with Crippen molar-refractivity contribution in [2.24, 2.45) is 0 Å². The fourth-order valence-electron chi connectivity index (χ4n) is 3.49. The summed E-state index contributed by atoms with van der Waals surface area (Å²) in [6.07, 6.45) is 0. The lowest BCUT2D eigenvalue weighted by Gasteiger charge is -2.13. The summed E-state index contributed by atoms with van der Waals surface area (Å²) in [4.78, 5) is 39.3. The van der Waals surface area contributed by atoms with E-state index in [1.54, 1.807) is 32.1 Å². The van der Waals surface area contributed by atoms with Crippen LogP contribution in [0.2, 0.25) is 0 Å². The van der Waals surface area contributed by atoms with Gasteiger partial charge in [-0.2, -0.15) is 0 Å². The van der Waals surface area contributed by atoms with E-state index in [0.29, 0.717) is 10.7 Å². The van der Waals surface area contributed by atoms with Crippen molar-refractivity contribution in [3.05, 3.63) is 31.8 Å². The van der Waals surface area contributed by atoms with Crippen molar-refractivity contribution in [1.29, 1.82) is 0 Å². The van der Waals surface area contributed by atoms with Crippen LogP contribution in [0.5, 0.6) is 0 Å². The van der Waals surface area contributed by atoms with Crippen molar-refractivity contribution in [2.45, 2.75) is 59.7 Å². The van der Waals surface area contributed by atoms with Crippen LogP contribution in [-0.2, 0) is 14.3 Å². The first kappa shape index (κ1) is 27.9. The molecule has 36 heavy (non-hydrogen) atoms. The minimum absolute atomic E-state index is 0.0421. The molecule has 0 unspecified atom stereocenters. The molecule has 194 valence electrons. The number of carbonyl (C=O) groups excluding carboxylic acids is 3. The Morgan fingerprint density at radius 3 is 2.31 bits per heavy atom. The third-order valence-corrected chi connectivity index (χ3v) is 8.52. The van der Waals surface area contributed by atoms with Gasteiger partial charge in [-0.25, -0.2) is 9.59 Å². The van der Waals surface area contributed by atoms with Crippen LogP contribution in [0.25, 0.3) is 11.4 Å². The lowest BCUT2D eigenvalue weighted by molar-refractivity contribution is -0.113. The zero-order valence-corrected chi connectivity index (χ0v) is 23.8. The summed E-state index contributed by atoms with van der Waals surface area (Å²) in [6, 6.07) is 0.0858. The molecule has 0 radical (unpaired) electrons. The zero-order valence-electron chi connectivity index (χ0n) is 21.4. The molecule has 3 rings (SSSR count). The first-order valence-electron chi connectivity index (χ1n) is 11.5. The van der Waals surface area contributed by atoms with Crippen LogP contribution in [0.4, 0.5) is 5.00 Å². The number of nitrogens with zero attached hydrogens (tertiary/aromatic N) is 3. The van der Waals surface area contributed by atoms with Crippen molar-refractivity contribution in [1.82, 2.24) is 14.8 Å². The molecule has 0 bridgehead atoms. The van der Waals surface area contributed by atoms with E-state index in [1.807, 2.05) is 18.4 Å². The molecular formula is C24H30N4O5S3. The number of nitrogens with one attached hydrogen (secondary N) is 1. The Morgan fingerprint density at radius 2 is 1.72 bits per heavy atom. The molecular weight excluding hydrogens is 520 g/mol. The molecule has 0 spiro atoms. The Kier molecular flexibility index (Phi) is 9.31. The second-order valence-corrected chi connectivity index (χ2v) is 11.2. The monoisotopic (exact) mass is 550 g/mol. The summed E-state index contributed by atoms with van der Waals surface area (Å²) in [7, 11) is 0. The molecule has 12 heteroatoms. The topological polar surface area (TPSA) is 112 Å². The number of esters is 2. The molecule has 0 aromatic carbocycles. The van der Waals surface area contributed by atoms with E-state index in [2.05, 4.69) is 34.7 Å².